The number of methoxy groups -OCH3 is 1. The highest BCUT2D eigenvalue weighted by Gasteiger charge is 2.22. The number of ether oxygens (including phenoxy) is 1. The van der Waals surface area contributed by atoms with Crippen LogP contribution in [0.1, 0.15) is 34.1 Å². The lowest BCUT2D eigenvalue weighted by atomic mass is 10.0. The molecule has 0 aliphatic rings. The lowest BCUT2D eigenvalue weighted by molar-refractivity contribution is -0.141. The topological polar surface area (TPSA) is 117 Å². The van der Waals surface area contributed by atoms with Crippen molar-refractivity contribution in [2.45, 2.75) is 25.6 Å². The number of aromatic nitrogens is 1. The number of carboxylic acids is 1. The monoisotopic (exact) mass is 269 g/mol. The number of aliphatic hydroxyl groups is 2. The molecule has 7 heteroatoms. The van der Waals surface area contributed by atoms with E-state index in [2.05, 4.69) is 9.72 Å². The highest BCUT2D eigenvalue weighted by atomic mass is 16.5. The Morgan fingerprint density at radius 2 is 2.05 bits per heavy atom. The van der Waals surface area contributed by atoms with Gasteiger partial charge in [-0.3, -0.25) is 4.79 Å². The van der Waals surface area contributed by atoms with Crippen molar-refractivity contribution in [3.8, 4) is 0 Å². The van der Waals surface area contributed by atoms with Gasteiger partial charge in [-0.2, -0.15) is 0 Å². The average Bonchev–Trinajstić information content (AvgIpc) is 2.36. The van der Waals surface area contributed by atoms with Gasteiger partial charge in [0.05, 0.1) is 19.6 Å². The number of hydrogen-bond donors (Lipinski definition) is 3. The summed E-state index contributed by atoms with van der Waals surface area (Å²) in [6.45, 7) is 1.60. The Morgan fingerprint density at radius 3 is 2.53 bits per heavy atom. The second-order valence-electron chi connectivity index (χ2n) is 4.04. The van der Waals surface area contributed by atoms with Crippen LogP contribution in [-0.2, 0) is 9.53 Å². The minimum atomic E-state index is -1.44. The van der Waals surface area contributed by atoms with Crippen molar-refractivity contribution in [3.05, 3.63) is 29.1 Å². The number of aryl methyl sites for hydroxylation is 1. The summed E-state index contributed by atoms with van der Waals surface area (Å²) >= 11 is 0. The molecule has 0 aliphatic heterocycles. The summed E-state index contributed by atoms with van der Waals surface area (Å²) in [6.07, 6.45) is -2.20. The summed E-state index contributed by atoms with van der Waals surface area (Å²) < 4.78 is 4.53. The maximum absolute atomic E-state index is 11.3. The molecule has 0 radical (unpaired) electrons. The van der Waals surface area contributed by atoms with Crippen LogP contribution in [-0.4, -0.2) is 45.5 Å². The molecule has 7 nitrogen and oxygen atoms in total. The standard InChI is InChI=1S/C12H15NO6/c1-6-3-7(5-13-10(6)12(18)19-2)11(17)8(14)4-9(15)16/h3,5,8,11,14,17H,4H2,1-2H3,(H,15,16). The summed E-state index contributed by atoms with van der Waals surface area (Å²) in [5.74, 6) is -1.83. The van der Waals surface area contributed by atoms with E-state index in [-0.39, 0.29) is 11.3 Å². The van der Waals surface area contributed by atoms with Crippen LogP contribution in [0.25, 0.3) is 0 Å². The van der Waals surface area contributed by atoms with E-state index in [1.807, 2.05) is 0 Å². The molecule has 3 N–H and O–H groups in total. The Bertz CT molecular complexity index is 487. The number of carboxylic acid groups (broad SMARTS) is 1. The summed E-state index contributed by atoms with van der Waals surface area (Å²) in [4.78, 5) is 25.6. The van der Waals surface area contributed by atoms with Crippen LogP contribution in [0.15, 0.2) is 12.3 Å². The third-order valence-electron chi connectivity index (χ3n) is 2.57. The van der Waals surface area contributed by atoms with E-state index >= 15 is 0 Å². The number of esters is 1. The fourth-order valence-corrected chi connectivity index (χ4v) is 1.58. The zero-order chi connectivity index (χ0) is 14.6. The predicted molar refractivity (Wildman–Crippen MR) is 63.5 cm³/mol. The molecule has 19 heavy (non-hydrogen) atoms. The van der Waals surface area contributed by atoms with Gasteiger partial charge in [0, 0.05) is 11.8 Å². The number of hydrogen-bond acceptors (Lipinski definition) is 6. The smallest absolute Gasteiger partial charge is 0.356 e. The van der Waals surface area contributed by atoms with Crippen LogP contribution in [0.2, 0.25) is 0 Å². The first-order chi connectivity index (χ1) is 8.86. The van der Waals surface area contributed by atoms with Gasteiger partial charge in [0.2, 0.25) is 0 Å². The van der Waals surface area contributed by atoms with Gasteiger partial charge in [-0.15, -0.1) is 0 Å². The normalized spacial score (nSPS) is 13.7. The number of aliphatic carboxylic acids is 1. The van der Waals surface area contributed by atoms with Crippen molar-refractivity contribution in [1.82, 2.24) is 4.98 Å². The molecule has 0 saturated heterocycles. The molecule has 0 fully saturated rings. The highest BCUT2D eigenvalue weighted by Crippen LogP contribution is 2.20. The van der Waals surface area contributed by atoms with Gasteiger partial charge in [-0.25, -0.2) is 9.78 Å². The first-order valence-corrected chi connectivity index (χ1v) is 5.49. The lowest BCUT2D eigenvalue weighted by Crippen LogP contribution is -2.22. The van der Waals surface area contributed by atoms with Gasteiger partial charge in [0.15, 0.2) is 5.69 Å². The van der Waals surface area contributed by atoms with E-state index < -0.39 is 30.6 Å². The van der Waals surface area contributed by atoms with Crippen molar-refractivity contribution >= 4 is 11.9 Å². The molecular formula is C12H15NO6. The summed E-state index contributed by atoms with van der Waals surface area (Å²) in [6, 6.07) is 1.45. The van der Waals surface area contributed by atoms with Crippen molar-refractivity contribution in [3.63, 3.8) is 0 Å². The Morgan fingerprint density at radius 1 is 1.42 bits per heavy atom. The molecule has 2 atom stereocenters. The maximum atomic E-state index is 11.3. The van der Waals surface area contributed by atoms with Crippen molar-refractivity contribution in [2.24, 2.45) is 0 Å². The van der Waals surface area contributed by atoms with E-state index in [1.165, 1.54) is 19.4 Å². The molecule has 1 aromatic heterocycles. The van der Waals surface area contributed by atoms with Crippen LogP contribution in [0.4, 0.5) is 0 Å². The first-order valence-electron chi connectivity index (χ1n) is 5.49. The zero-order valence-electron chi connectivity index (χ0n) is 10.5. The largest absolute Gasteiger partial charge is 0.481 e. The Hall–Kier alpha value is -1.99. The van der Waals surface area contributed by atoms with Crippen LogP contribution in [0.3, 0.4) is 0 Å². The number of nitrogens with zero attached hydrogens (tertiary/aromatic N) is 1. The molecule has 1 rings (SSSR count). The third-order valence-corrected chi connectivity index (χ3v) is 2.57. The van der Waals surface area contributed by atoms with Crippen LogP contribution >= 0.6 is 0 Å². The molecule has 104 valence electrons. The zero-order valence-corrected chi connectivity index (χ0v) is 10.5. The van der Waals surface area contributed by atoms with E-state index in [1.54, 1.807) is 6.92 Å². The Kier molecular flexibility index (Phi) is 4.96. The number of carbonyl (C=O) groups is 2. The quantitative estimate of drug-likeness (QED) is 0.646. The molecule has 0 aromatic carbocycles. The first kappa shape index (κ1) is 15.1. The Balaban J connectivity index is 2.94. The van der Waals surface area contributed by atoms with Gasteiger partial charge in [0.1, 0.15) is 6.10 Å². The SMILES string of the molecule is COC(=O)c1ncc(C(O)C(O)CC(=O)O)cc1C. The summed E-state index contributed by atoms with van der Waals surface area (Å²) in [5.41, 5.74) is 0.802. The predicted octanol–water partition coefficient (Wildman–Crippen LogP) is 0.0456. The summed E-state index contributed by atoms with van der Waals surface area (Å²) in [7, 11) is 1.23. The second kappa shape index (κ2) is 6.26. The lowest BCUT2D eigenvalue weighted by Gasteiger charge is -2.17. The van der Waals surface area contributed by atoms with E-state index in [0.717, 1.165) is 0 Å². The molecule has 1 heterocycles. The molecule has 2 unspecified atom stereocenters. The molecular weight excluding hydrogens is 254 g/mol. The molecule has 1 aromatic rings. The van der Waals surface area contributed by atoms with Gasteiger partial charge in [-0.05, 0) is 18.6 Å². The number of aliphatic hydroxyl groups excluding tert-OH is 2. The fraction of sp³-hybridized carbons (Fsp3) is 0.417. The minimum absolute atomic E-state index is 0.103. The molecule has 0 amide bonds. The van der Waals surface area contributed by atoms with E-state index in [9.17, 15) is 19.8 Å². The second-order valence-corrected chi connectivity index (χ2v) is 4.04. The van der Waals surface area contributed by atoms with Crippen LogP contribution in [0, 0.1) is 6.92 Å². The number of rotatable bonds is 5. The van der Waals surface area contributed by atoms with Crippen molar-refractivity contribution in [1.29, 1.82) is 0 Å². The van der Waals surface area contributed by atoms with Crippen molar-refractivity contribution in [2.75, 3.05) is 7.11 Å². The number of carbonyl (C=O) groups excluding carboxylic acids is 1. The molecule has 0 bridgehead atoms. The van der Waals surface area contributed by atoms with Gasteiger partial charge >= 0.3 is 11.9 Å². The maximum Gasteiger partial charge on any atom is 0.356 e. The molecule has 0 aliphatic carbocycles. The van der Waals surface area contributed by atoms with Gasteiger partial charge in [0.25, 0.3) is 0 Å². The van der Waals surface area contributed by atoms with Crippen LogP contribution in [0.5, 0.6) is 0 Å². The Labute approximate surface area is 109 Å². The highest BCUT2D eigenvalue weighted by molar-refractivity contribution is 5.88. The minimum Gasteiger partial charge on any atom is -0.481 e. The van der Waals surface area contributed by atoms with Gasteiger partial charge in [-0.1, -0.05) is 0 Å². The van der Waals surface area contributed by atoms with Crippen LogP contribution < -0.4 is 0 Å². The van der Waals surface area contributed by atoms with Gasteiger partial charge < -0.3 is 20.1 Å². The van der Waals surface area contributed by atoms with Crippen molar-refractivity contribution < 1.29 is 29.6 Å². The molecule has 0 saturated carbocycles. The molecule has 0 spiro atoms. The van der Waals surface area contributed by atoms with E-state index in [0.29, 0.717) is 5.56 Å². The third kappa shape index (κ3) is 3.73. The summed E-state index contributed by atoms with van der Waals surface area (Å²) in [5, 5.41) is 27.8. The van der Waals surface area contributed by atoms with E-state index in [4.69, 9.17) is 5.11 Å². The number of pyridine rings is 1. The fourth-order valence-electron chi connectivity index (χ4n) is 1.58. The average molecular weight is 269 g/mol.